The lowest BCUT2D eigenvalue weighted by Gasteiger charge is -2.59. The van der Waals surface area contributed by atoms with Gasteiger partial charge in [-0.3, -0.25) is 0 Å². The zero-order valence-corrected chi connectivity index (χ0v) is 18.1. The fraction of sp³-hybridized carbons (Fsp3) is 0.750. The summed E-state index contributed by atoms with van der Waals surface area (Å²) in [6, 6.07) is 5.29. The average molecular weight is 381 g/mol. The fourth-order valence-corrected chi connectivity index (χ4v) is 4.88. The van der Waals surface area contributed by atoms with Crippen LogP contribution in [0.25, 0.3) is 0 Å². The van der Waals surface area contributed by atoms with Crippen LogP contribution in [0.5, 0.6) is 5.75 Å². The summed E-state index contributed by atoms with van der Waals surface area (Å²) in [6.07, 6.45) is 1.67. The summed E-state index contributed by atoms with van der Waals surface area (Å²) in [6.45, 7) is 8.98. The van der Waals surface area contributed by atoms with Crippen LogP contribution < -0.4 is 0 Å². The molecule has 0 aromatic heterocycles. The Hall–Kier alpha value is -1.06. The Morgan fingerprint density at radius 1 is 1.37 bits per heavy atom. The SMILES string of the molecule is [2H]C([2H])([2H])N(CCC(C)(c1ccc(O)c(C)c1)C1(O)CCC(C)C(C)(C)C1C)C([2H])([2H])C. The number of hydrogen-bond donors (Lipinski definition) is 2. The van der Waals surface area contributed by atoms with Crippen molar-refractivity contribution in [2.24, 2.45) is 17.3 Å². The summed E-state index contributed by atoms with van der Waals surface area (Å²) in [5.41, 5.74) is -0.602. The molecule has 4 atom stereocenters. The van der Waals surface area contributed by atoms with E-state index in [1.54, 1.807) is 19.1 Å². The molecule has 4 unspecified atom stereocenters. The van der Waals surface area contributed by atoms with Gasteiger partial charge in [0.2, 0.25) is 0 Å². The van der Waals surface area contributed by atoms with Crippen LogP contribution in [-0.2, 0) is 5.41 Å². The molecule has 27 heavy (non-hydrogen) atoms. The second-order valence-electron chi connectivity index (χ2n) is 9.37. The van der Waals surface area contributed by atoms with Gasteiger partial charge in [0.25, 0.3) is 0 Å². The average Bonchev–Trinajstić information content (AvgIpc) is 2.63. The van der Waals surface area contributed by atoms with Crippen LogP contribution in [-0.4, -0.2) is 40.7 Å². The molecule has 3 nitrogen and oxygen atoms in total. The highest BCUT2D eigenvalue weighted by molar-refractivity contribution is 5.40. The molecule has 3 heteroatoms. The molecule has 2 N–H and O–H groups in total. The van der Waals surface area contributed by atoms with Gasteiger partial charge in [-0.2, -0.15) is 0 Å². The largest absolute Gasteiger partial charge is 0.508 e. The molecule has 0 saturated heterocycles. The van der Waals surface area contributed by atoms with Crippen LogP contribution in [0.2, 0.25) is 0 Å². The lowest BCUT2D eigenvalue weighted by molar-refractivity contribution is -0.161. The van der Waals surface area contributed by atoms with Crippen LogP contribution >= 0.6 is 0 Å². The summed E-state index contributed by atoms with van der Waals surface area (Å²) in [5.74, 6) is 0.507. The maximum Gasteiger partial charge on any atom is 0.118 e. The van der Waals surface area contributed by atoms with Gasteiger partial charge in [-0.15, -0.1) is 0 Å². The molecule has 1 aromatic carbocycles. The van der Waals surface area contributed by atoms with E-state index in [0.717, 1.165) is 16.9 Å². The molecule has 0 bridgehead atoms. The van der Waals surface area contributed by atoms with Crippen LogP contribution in [0.15, 0.2) is 18.2 Å². The lowest BCUT2D eigenvalue weighted by Crippen LogP contribution is -2.62. The van der Waals surface area contributed by atoms with Crippen LogP contribution in [0, 0.1) is 24.2 Å². The molecule has 1 aromatic rings. The first kappa shape index (κ1) is 15.8. The highest BCUT2D eigenvalue weighted by Crippen LogP contribution is 2.57. The van der Waals surface area contributed by atoms with Crippen molar-refractivity contribution < 1.29 is 17.1 Å². The third-order valence-electron chi connectivity index (χ3n) is 7.96. The van der Waals surface area contributed by atoms with Crippen LogP contribution in [0.1, 0.15) is 78.8 Å². The number of nitrogens with zero attached hydrogens (tertiary/aromatic N) is 1. The minimum absolute atomic E-state index is 0.0402. The molecular weight excluding hydrogens is 334 g/mol. The van der Waals surface area contributed by atoms with Gasteiger partial charge in [-0.1, -0.05) is 53.7 Å². The molecule has 1 aliphatic rings. The topological polar surface area (TPSA) is 43.7 Å². The van der Waals surface area contributed by atoms with Crippen molar-refractivity contribution in [1.29, 1.82) is 0 Å². The zero-order valence-electron chi connectivity index (χ0n) is 23.1. The van der Waals surface area contributed by atoms with Crippen LogP contribution in [0.4, 0.5) is 0 Å². The minimum atomic E-state index is -2.60. The maximum atomic E-state index is 12.3. The molecule has 1 aliphatic carbocycles. The molecule has 1 fully saturated rings. The minimum Gasteiger partial charge on any atom is -0.508 e. The van der Waals surface area contributed by atoms with Gasteiger partial charge < -0.3 is 15.1 Å². The highest BCUT2D eigenvalue weighted by atomic mass is 16.3. The Morgan fingerprint density at radius 2 is 2.04 bits per heavy atom. The number of rotatable bonds is 6. The number of benzene rings is 1. The van der Waals surface area contributed by atoms with Crippen LogP contribution in [0.3, 0.4) is 0 Å². The predicted octanol–water partition coefficient (Wildman–Crippen LogP) is 5.12. The Balaban J connectivity index is 2.62. The summed E-state index contributed by atoms with van der Waals surface area (Å²) < 4.78 is 39.8. The van der Waals surface area contributed by atoms with E-state index < -0.39 is 24.5 Å². The third-order valence-corrected chi connectivity index (χ3v) is 7.96. The van der Waals surface area contributed by atoms with Gasteiger partial charge in [0.05, 0.1) is 5.60 Å². The van der Waals surface area contributed by atoms with E-state index in [-0.39, 0.29) is 30.0 Å². The first-order valence-corrected chi connectivity index (χ1v) is 10.1. The number of phenolic OH excluding ortho intramolecular Hbond substituents is 1. The molecule has 0 radical (unpaired) electrons. The number of aliphatic hydroxyl groups is 1. The molecule has 0 amide bonds. The third kappa shape index (κ3) is 3.78. The molecule has 2 rings (SSSR count). The molecule has 0 spiro atoms. The van der Waals surface area contributed by atoms with Gasteiger partial charge in [0.15, 0.2) is 0 Å². The standard InChI is InChI=1S/C24H41NO2/c1-9-25(8)15-14-23(7,20-10-11-21(26)17(2)16-20)24(27)13-12-18(3)22(5,6)19(24)4/h10-11,16,18-19,26-27H,9,12-15H2,1-8H3/i8D3,9D2. The Bertz CT molecular complexity index is 806. The molecule has 0 heterocycles. The van der Waals surface area contributed by atoms with E-state index in [2.05, 4.69) is 27.7 Å². The normalized spacial score (nSPS) is 34.0. The second-order valence-corrected chi connectivity index (χ2v) is 9.37. The maximum absolute atomic E-state index is 12.3. The van der Waals surface area contributed by atoms with Gasteiger partial charge >= 0.3 is 0 Å². The van der Waals surface area contributed by atoms with E-state index in [9.17, 15) is 10.2 Å². The van der Waals surface area contributed by atoms with Crippen molar-refractivity contribution >= 4 is 0 Å². The van der Waals surface area contributed by atoms with E-state index in [1.165, 1.54) is 6.92 Å². The van der Waals surface area contributed by atoms with Gasteiger partial charge in [0.1, 0.15) is 5.75 Å². The monoisotopic (exact) mass is 380 g/mol. The fourth-order valence-electron chi connectivity index (χ4n) is 4.88. The van der Waals surface area contributed by atoms with Crippen molar-refractivity contribution in [3.05, 3.63) is 29.3 Å². The van der Waals surface area contributed by atoms with Crippen molar-refractivity contribution in [1.82, 2.24) is 4.90 Å². The lowest BCUT2D eigenvalue weighted by atomic mass is 9.49. The Labute approximate surface area is 173 Å². The van der Waals surface area contributed by atoms with Crippen molar-refractivity contribution in [3.63, 3.8) is 0 Å². The first-order valence-electron chi connectivity index (χ1n) is 12.6. The number of hydrogen-bond acceptors (Lipinski definition) is 3. The molecule has 1 saturated carbocycles. The highest BCUT2D eigenvalue weighted by Gasteiger charge is 2.58. The van der Waals surface area contributed by atoms with Gasteiger partial charge in [0, 0.05) is 12.3 Å². The summed E-state index contributed by atoms with van der Waals surface area (Å²) in [4.78, 5) is 0.899. The van der Waals surface area contributed by atoms with Gasteiger partial charge in [-0.05, 0) is 80.6 Å². The zero-order chi connectivity index (χ0) is 24.9. The number of aryl methyl sites for hydroxylation is 1. The van der Waals surface area contributed by atoms with Crippen molar-refractivity contribution in [2.45, 2.75) is 78.7 Å². The number of aromatic hydroxyl groups is 1. The first-order chi connectivity index (χ1) is 14.3. The summed E-state index contributed by atoms with van der Waals surface area (Å²) in [5, 5.41) is 22.4. The van der Waals surface area contributed by atoms with Crippen molar-refractivity contribution in [2.75, 3.05) is 20.0 Å². The predicted molar refractivity (Wildman–Crippen MR) is 114 cm³/mol. The smallest absolute Gasteiger partial charge is 0.118 e. The quantitative estimate of drug-likeness (QED) is 0.719. The van der Waals surface area contributed by atoms with E-state index in [0.29, 0.717) is 17.9 Å². The van der Waals surface area contributed by atoms with E-state index in [4.69, 9.17) is 6.85 Å². The van der Waals surface area contributed by atoms with E-state index >= 15 is 0 Å². The van der Waals surface area contributed by atoms with Gasteiger partial charge in [-0.25, -0.2) is 0 Å². The van der Waals surface area contributed by atoms with Crippen molar-refractivity contribution in [3.8, 4) is 5.75 Å². The molecule has 0 aliphatic heterocycles. The Morgan fingerprint density at radius 3 is 2.59 bits per heavy atom. The second kappa shape index (κ2) is 7.75. The van der Waals surface area contributed by atoms with E-state index in [1.807, 2.05) is 13.0 Å². The number of phenols is 1. The molecule has 154 valence electrons. The Kier molecular flexibility index (Phi) is 4.54. The summed E-state index contributed by atoms with van der Waals surface area (Å²) in [7, 11) is 0. The summed E-state index contributed by atoms with van der Waals surface area (Å²) >= 11 is 0. The molecular formula is C24H41NO2.